The van der Waals surface area contributed by atoms with Crippen LogP contribution < -0.4 is 5.32 Å². The van der Waals surface area contributed by atoms with Crippen molar-refractivity contribution in [2.75, 3.05) is 0 Å². The van der Waals surface area contributed by atoms with E-state index in [9.17, 15) is 4.79 Å². The van der Waals surface area contributed by atoms with Crippen molar-refractivity contribution in [2.24, 2.45) is 12.0 Å². The van der Waals surface area contributed by atoms with Crippen molar-refractivity contribution < 1.29 is 9.21 Å². The van der Waals surface area contributed by atoms with E-state index in [2.05, 4.69) is 15.4 Å². The molecular formula is C16H16N4O2S. The summed E-state index contributed by atoms with van der Waals surface area (Å²) in [5.41, 5.74) is 2.51. The standard InChI is InChI=1S/C16H16N4O2S/c1-11-12(9-19-20(11)2)8-18-16-14(5-7-23-16)15(21)17-10-13-4-3-6-22-13/h3-9H,10H2,1-2H3,(H,17,21)/b18-8+. The van der Waals surface area contributed by atoms with Gasteiger partial charge in [0.2, 0.25) is 0 Å². The third-order valence-electron chi connectivity index (χ3n) is 3.49. The van der Waals surface area contributed by atoms with Crippen LogP contribution in [0.5, 0.6) is 0 Å². The summed E-state index contributed by atoms with van der Waals surface area (Å²) in [5, 5.41) is 9.52. The van der Waals surface area contributed by atoms with Gasteiger partial charge in [-0.05, 0) is 30.5 Å². The smallest absolute Gasteiger partial charge is 0.254 e. The van der Waals surface area contributed by atoms with Gasteiger partial charge >= 0.3 is 0 Å². The zero-order chi connectivity index (χ0) is 16.2. The first kappa shape index (κ1) is 15.2. The van der Waals surface area contributed by atoms with Gasteiger partial charge in [0.1, 0.15) is 10.8 Å². The summed E-state index contributed by atoms with van der Waals surface area (Å²) in [5.74, 6) is 0.544. The molecule has 0 spiro atoms. The Kier molecular flexibility index (Phi) is 4.38. The normalized spacial score (nSPS) is 11.2. The number of aliphatic imine (C=N–C) groups is 1. The molecule has 0 aliphatic rings. The summed E-state index contributed by atoms with van der Waals surface area (Å²) in [4.78, 5) is 16.7. The first-order chi connectivity index (χ1) is 11.1. The van der Waals surface area contributed by atoms with Gasteiger partial charge < -0.3 is 9.73 Å². The third kappa shape index (κ3) is 3.40. The fraction of sp³-hybridized carbons (Fsp3) is 0.188. The second kappa shape index (κ2) is 6.62. The number of carbonyl (C=O) groups excluding carboxylic acids is 1. The van der Waals surface area contributed by atoms with Crippen LogP contribution >= 0.6 is 11.3 Å². The van der Waals surface area contributed by atoms with E-state index in [1.807, 2.05) is 25.4 Å². The van der Waals surface area contributed by atoms with E-state index >= 15 is 0 Å². The molecule has 0 unspecified atom stereocenters. The molecule has 0 saturated heterocycles. The number of hydrogen-bond acceptors (Lipinski definition) is 5. The van der Waals surface area contributed by atoms with Crippen molar-refractivity contribution in [3.8, 4) is 0 Å². The van der Waals surface area contributed by atoms with E-state index in [-0.39, 0.29) is 5.91 Å². The molecule has 0 radical (unpaired) electrons. The zero-order valence-corrected chi connectivity index (χ0v) is 13.6. The van der Waals surface area contributed by atoms with Gasteiger partial charge in [-0.15, -0.1) is 11.3 Å². The maximum atomic E-state index is 12.3. The average Bonchev–Trinajstić information content (AvgIpc) is 3.27. The van der Waals surface area contributed by atoms with E-state index in [1.54, 1.807) is 35.5 Å². The fourth-order valence-corrected chi connectivity index (χ4v) is 2.75. The van der Waals surface area contributed by atoms with Crippen LogP contribution in [0.4, 0.5) is 5.00 Å². The summed E-state index contributed by atoms with van der Waals surface area (Å²) in [6, 6.07) is 5.38. The number of nitrogens with zero attached hydrogens (tertiary/aromatic N) is 3. The topological polar surface area (TPSA) is 72.4 Å². The minimum absolute atomic E-state index is 0.169. The predicted octanol–water partition coefficient (Wildman–Crippen LogP) is 3.06. The van der Waals surface area contributed by atoms with Crippen molar-refractivity contribution in [3.05, 3.63) is 58.6 Å². The Labute approximate surface area is 137 Å². The van der Waals surface area contributed by atoms with Gasteiger partial charge in [0.05, 0.1) is 24.6 Å². The molecule has 3 rings (SSSR count). The maximum absolute atomic E-state index is 12.3. The van der Waals surface area contributed by atoms with Gasteiger partial charge in [-0.25, -0.2) is 4.99 Å². The van der Waals surface area contributed by atoms with E-state index in [0.717, 1.165) is 11.3 Å². The zero-order valence-electron chi connectivity index (χ0n) is 12.8. The van der Waals surface area contributed by atoms with E-state index in [0.29, 0.717) is 22.9 Å². The Bertz CT molecular complexity index is 830. The molecule has 6 nitrogen and oxygen atoms in total. The highest BCUT2D eigenvalue weighted by molar-refractivity contribution is 7.14. The Morgan fingerprint density at radius 3 is 3.09 bits per heavy atom. The number of thiophene rings is 1. The van der Waals surface area contributed by atoms with Gasteiger partial charge in [0.15, 0.2) is 0 Å². The Hall–Kier alpha value is -2.67. The van der Waals surface area contributed by atoms with Crippen LogP contribution in [0, 0.1) is 6.92 Å². The summed E-state index contributed by atoms with van der Waals surface area (Å²) >= 11 is 1.42. The summed E-state index contributed by atoms with van der Waals surface area (Å²) in [6.45, 7) is 2.33. The van der Waals surface area contributed by atoms with Gasteiger partial charge in [0, 0.05) is 24.5 Å². The molecule has 3 aromatic rings. The number of nitrogens with one attached hydrogen (secondary N) is 1. The molecule has 3 aromatic heterocycles. The minimum Gasteiger partial charge on any atom is -0.467 e. The van der Waals surface area contributed by atoms with Crippen LogP contribution in [-0.2, 0) is 13.6 Å². The van der Waals surface area contributed by atoms with Gasteiger partial charge in [0.25, 0.3) is 5.91 Å². The lowest BCUT2D eigenvalue weighted by Gasteiger charge is -2.02. The molecule has 1 N–H and O–H groups in total. The SMILES string of the molecule is Cc1c(/C=N/c2sccc2C(=O)NCc2ccco2)cnn1C. The average molecular weight is 328 g/mol. The molecule has 0 aromatic carbocycles. The summed E-state index contributed by atoms with van der Waals surface area (Å²) in [6.07, 6.45) is 5.07. The van der Waals surface area contributed by atoms with E-state index in [1.165, 1.54) is 11.3 Å². The third-order valence-corrected chi connectivity index (χ3v) is 4.31. The summed E-state index contributed by atoms with van der Waals surface area (Å²) < 4.78 is 6.99. The lowest BCUT2D eigenvalue weighted by atomic mass is 10.2. The summed E-state index contributed by atoms with van der Waals surface area (Å²) in [7, 11) is 1.88. The van der Waals surface area contributed by atoms with Crippen LogP contribution in [-0.4, -0.2) is 21.9 Å². The molecule has 0 aliphatic heterocycles. The Balaban J connectivity index is 1.71. The maximum Gasteiger partial charge on any atom is 0.254 e. The van der Waals surface area contributed by atoms with Crippen LogP contribution in [0.25, 0.3) is 0 Å². The van der Waals surface area contributed by atoms with Gasteiger partial charge in [-0.3, -0.25) is 9.48 Å². The molecular weight excluding hydrogens is 312 g/mol. The number of aryl methyl sites for hydroxylation is 1. The second-order valence-electron chi connectivity index (χ2n) is 4.97. The number of furan rings is 1. The van der Waals surface area contributed by atoms with Crippen molar-refractivity contribution in [1.82, 2.24) is 15.1 Å². The largest absolute Gasteiger partial charge is 0.467 e. The number of hydrogen-bond donors (Lipinski definition) is 1. The first-order valence-corrected chi connectivity index (χ1v) is 7.94. The number of rotatable bonds is 5. The lowest BCUT2D eigenvalue weighted by Crippen LogP contribution is -2.22. The molecule has 3 heterocycles. The van der Waals surface area contributed by atoms with Crippen molar-refractivity contribution >= 4 is 28.5 Å². The monoisotopic (exact) mass is 328 g/mol. The molecule has 0 bridgehead atoms. The van der Waals surface area contributed by atoms with Crippen LogP contribution in [0.1, 0.15) is 27.4 Å². The van der Waals surface area contributed by atoms with Crippen molar-refractivity contribution in [3.63, 3.8) is 0 Å². The lowest BCUT2D eigenvalue weighted by molar-refractivity contribution is 0.0949. The molecule has 0 fully saturated rings. The molecule has 23 heavy (non-hydrogen) atoms. The van der Waals surface area contributed by atoms with Crippen molar-refractivity contribution in [2.45, 2.75) is 13.5 Å². The Morgan fingerprint density at radius 2 is 2.39 bits per heavy atom. The highest BCUT2D eigenvalue weighted by Gasteiger charge is 2.12. The quantitative estimate of drug-likeness (QED) is 0.732. The van der Waals surface area contributed by atoms with Crippen molar-refractivity contribution in [1.29, 1.82) is 0 Å². The van der Waals surface area contributed by atoms with Crippen LogP contribution in [0.15, 0.2) is 45.4 Å². The Morgan fingerprint density at radius 1 is 1.52 bits per heavy atom. The number of carbonyl (C=O) groups is 1. The van der Waals surface area contributed by atoms with Gasteiger partial charge in [-0.2, -0.15) is 5.10 Å². The van der Waals surface area contributed by atoms with Gasteiger partial charge in [-0.1, -0.05) is 0 Å². The van der Waals surface area contributed by atoms with Crippen LogP contribution in [0.2, 0.25) is 0 Å². The highest BCUT2D eigenvalue weighted by atomic mass is 32.1. The molecule has 0 saturated carbocycles. The minimum atomic E-state index is -0.169. The molecule has 118 valence electrons. The predicted molar refractivity (Wildman–Crippen MR) is 89.4 cm³/mol. The molecule has 0 atom stereocenters. The molecule has 1 amide bonds. The van der Waals surface area contributed by atoms with Crippen LogP contribution in [0.3, 0.4) is 0 Å². The molecule has 7 heteroatoms. The second-order valence-corrected chi connectivity index (χ2v) is 5.86. The number of amides is 1. The first-order valence-electron chi connectivity index (χ1n) is 7.06. The number of aromatic nitrogens is 2. The fourth-order valence-electron chi connectivity index (χ4n) is 2.02. The molecule has 0 aliphatic carbocycles. The van der Waals surface area contributed by atoms with E-state index in [4.69, 9.17) is 4.42 Å². The highest BCUT2D eigenvalue weighted by Crippen LogP contribution is 2.26. The van der Waals surface area contributed by atoms with E-state index < -0.39 is 0 Å².